The van der Waals surface area contributed by atoms with Crippen molar-refractivity contribution < 1.29 is 0 Å². The number of nitrogens with zero attached hydrogens (tertiary/aromatic N) is 2. The number of benzene rings is 4. The monoisotopic (exact) mass is 388 g/mol. The van der Waals surface area contributed by atoms with Crippen LogP contribution in [-0.2, 0) is 0 Å². The summed E-state index contributed by atoms with van der Waals surface area (Å²) in [6.45, 7) is 2.08. The standard InChI is InChI=1S/C28H24N2/c1-19-21(11-8-20-9-13-25(14-10-20)30(2)3)17-27-26-18-23-7-5-4-6-22(23)16-24(26)12-15-28(27)29-19/h4-18H,1-3H3. The summed E-state index contributed by atoms with van der Waals surface area (Å²) < 4.78 is 0. The van der Waals surface area contributed by atoms with Crippen molar-refractivity contribution in [3.05, 3.63) is 95.7 Å². The van der Waals surface area contributed by atoms with Gasteiger partial charge >= 0.3 is 0 Å². The average molecular weight is 389 g/mol. The van der Waals surface area contributed by atoms with E-state index in [1.165, 1.54) is 38.2 Å². The maximum absolute atomic E-state index is 4.90. The van der Waals surface area contributed by atoms with Crippen molar-refractivity contribution in [3.63, 3.8) is 0 Å². The number of aromatic nitrogens is 1. The van der Waals surface area contributed by atoms with Crippen LogP contribution >= 0.6 is 0 Å². The smallest absolute Gasteiger partial charge is 0.0712 e. The average Bonchev–Trinajstić information content (AvgIpc) is 2.76. The molecule has 4 aromatic carbocycles. The van der Waals surface area contributed by atoms with Gasteiger partial charge in [-0.3, -0.25) is 4.98 Å². The topological polar surface area (TPSA) is 16.1 Å². The fourth-order valence-electron chi connectivity index (χ4n) is 4.02. The number of pyridine rings is 1. The minimum absolute atomic E-state index is 1.04. The van der Waals surface area contributed by atoms with Gasteiger partial charge in [0, 0.05) is 30.9 Å². The van der Waals surface area contributed by atoms with Crippen molar-refractivity contribution in [1.82, 2.24) is 4.98 Å². The third kappa shape index (κ3) is 3.31. The van der Waals surface area contributed by atoms with Gasteiger partial charge in [-0.15, -0.1) is 0 Å². The molecule has 5 rings (SSSR count). The fraction of sp³-hybridized carbons (Fsp3) is 0.107. The first-order valence-electron chi connectivity index (χ1n) is 10.3. The number of rotatable bonds is 3. The van der Waals surface area contributed by atoms with E-state index in [-0.39, 0.29) is 0 Å². The van der Waals surface area contributed by atoms with Crippen molar-refractivity contribution in [2.45, 2.75) is 6.92 Å². The Morgan fingerprint density at radius 1 is 0.700 bits per heavy atom. The molecule has 0 amide bonds. The van der Waals surface area contributed by atoms with E-state index in [0.29, 0.717) is 0 Å². The highest BCUT2D eigenvalue weighted by atomic mass is 15.1. The molecule has 0 atom stereocenters. The van der Waals surface area contributed by atoms with Crippen LogP contribution in [-0.4, -0.2) is 19.1 Å². The molecule has 146 valence electrons. The zero-order valence-corrected chi connectivity index (χ0v) is 17.6. The first-order chi connectivity index (χ1) is 14.6. The van der Waals surface area contributed by atoms with E-state index in [4.69, 9.17) is 4.98 Å². The third-order valence-corrected chi connectivity index (χ3v) is 5.78. The highest BCUT2D eigenvalue weighted by molar-refractivity contribution is 6.11. The molecule has 0 saturated carbocycles. The van der Waals surface area contributed by atoms with E-state index in [0.717, 1.165) is 16.8 Å². The molecular weight excluding hydrogens is 364 g/mol. The second-order valence-electron chi connectivity index (χ2n) is 8.04. The van der Waals surface area contributed by atoms with Crippen molar-refractivity contribution in [1.29, 1.82) is 0 Å². The van der Waals surface area contributed by atoms with E-state index in [2.05, 4.69) is 117 Å². The molecule has 0 bridgehead atoms. The van der Waals surface area contributed by atoms with Crippen LogP contribution in [0.5, 0.6) is 0 Å². The maximum Gasteiger partial charge on any atom is 0.0712 e. The summed E-state index contributed by atoms with van der Waals surface area (Å²) in [6, 6.07) is 28.3. The lowest BCUT2D eigenvalue weighted by atomic mass is 9.98. The van der Waals surface area contributed by atoms with E-state index in [9.17, 15) is 0 Å². The molecule has 0 unspecified atom stereocenters. The van der Waals surface area contributed by atoms with Gasteiger partial charge in [-0.1, -0.05) is 54.6 Å². The summed E-state index contributed by atoms with van der Waals surface area (Å²) in [7, 11) is 4.12. The maximum atomic E-state index is 4.90. The lowest BCUT2D eigenvalue weighted by molar-refractivity contribution is 1.13. The van der Waals surface area contributed by atoms with Gasteiger partial charge in [-0.25, -0.2) is 0 Å². The largest absolute Gasteiger partial charge is 0.378 e. The molecule has 0 aliphatic rings. The molecule has 2 nitrogen and oxygen atoms in total. The van der Waals surface area contributed by atoms with Gasteiger partial charge in [0.15, 0.2) is 0 Å². The molecule has 0 aliphatic heterocycles. The van der Waals surface area contributed by atoms with Crippen LogP contribution in [0.25, 0.3) is 44.6 Å². The van der Waals surface area contributed by atoms with Crippen LogP contribution in [0.2, 0.25) is 0 Å². The zero-order valence-electron chi connectivity index (χ0n) is 17.6. The van der Waals surface area contributed by atoms with Crippen LogP contribution in [0.3, 0.4) is 0 Å². The van der Waals surface area contributed by atoms with Crippen LogP contribution in [0.15, 0.2) is 78.9 Å². The molecule has 0 fully saturated rings. The summed E-state index contributed by atoms with van der Waals surface area (Å²) >= 11 is 0. The second-order valence-corrected chi connectivity index (χ2v) is 8.04. The van der Waals surface area contributed by atoms with Gasteiger partial charge in [-0.2, -0.15) is 0 Å². The van der Waals surface area contributed by atoms with Gasteiger partial charge in [0.1, 0.15) is 0 Å². The summed E-state index contributed by atoms with van der Waals surface area (Å²) in [5, 5.41) is 6.23. The Morgan fingerprint density at radius 2 is 1.43 bits per heavy atom. The number of hydrogen-bond acceptors (Lipinski definition) is 2. The quantitative estimate of drug-likeness (QED) is 0.242. The SMILES string of the molecule is Cc1nc2ccc3cc4ccccc4cc3c2cc1C=Cc1ccc(N(C)C)cc1. The Kier molecular flexibility index (Phi) is 4.48. The fourth-order valence-corrected chi connectivity index (χ4v) is 4.02. The van der Waals surface area contributed by atoms with Gasteiger partial charge in [0.25, 0.3) is 0 Å². The summed E-state index contributed by atoms with van der Waals surface area (Å²) in [6.07, 6.45) is 4.34. The first-order valence-corrected chi connectivity index (χ1v) is 10.3. The summed E-state index contributed by atoms with van der Waals surface area (Å²) in [5.74, 6) is 0. The van der Waals surface area contributed by atoms with E-state index in [1.54, 1.807) is 0 Å². The summed E-state index contributed by atoms with van der Waals surface area (Å²) in [4.78, 5) is 7.01. The van der Waals surface area contributed by atoms with E-state index in [1.807, 2.05) is 0 Å². The number of fused-ring (bicyclic) bond motifs is 4. The van der Waals surface area contributed by atoms with Gasteiger partial charge in [0.05, 0.1) is 5.52 Å². The molecule has 0 saturated heterocycles. The number of anilines is 1. The molecule has 0 spiro atoms. The van der Waals surface area contributed by atoms with Crippen molar-refractivity contribution in [2.24, 2.45) is 0 Å². The van der Waals surface area contributed by atoms with E-state index >= 15 is 0 Å². The van der Waals surface area contributed by atoms with Crippen molar-refractivity contribution in [3.8, 4) is 0 Å². The van der Waals surface area contributed by atoms with Gasteiger partial charge in [0.2, 0.25) is 0 Å². The van der Waals surface area contributed by atoms with E-state index < -0.39 is 0 Å². The van der Waals surface area contributed by atoms with Gasteiger partial charge < -0.3 is 4.90 Å². The van der Waals surface area contributed by atoms with Crippen molar-refractivity contribution in [2.75, 3.05) is 19.0 Å². The number of hydrogen-bond donors (Lipinski definition) is 0. The lowest BCUT2D eigenvalue weighted by Crippen LogP contribution is -2.07. The lowest BCUT2D eigenvalue weighted by Gasteiger charge is -2.12. The highest BCUT2D eigenvalue weighted by Gasteiger charge is 2.07. The van der Waals surface area contributed by atoms with Gasteiger partial charge in [-0.05, 0) is 76.0 Å². The third-order valence-electron chi connectivity index (χ3n) is 5.78. The highest BCUT2D eigenvalue weighted by Crippen LogP contribution is 2.30. The Morgan fingerprint density at radius 3 is 2.17 bits per heavy atom. The Hall–Kier alpha value is -3.65. The van der Waals surface area contributed by atoms with Crippen LogP contribution in [0.4, 0.5) is 5.69 Å². The minimum atomic E-state index is 1.04. The molecule has 5 aromatic rings. The van der Waals surface area contributed by atoms with Crippen molar-refractivity contribution >= 4 is 50.3 Å². The normalized spacial score (nSPS) is 11.7. The minimum Gasteiger partial charge on any atom is -0.378 e. The first kappa shape index (κ1) is 18.4. The molecule has 0 aliphatic carbocycles. The van der Waals surface area contributed by atoms with Crippen LogP contribution in [0, 0.1) is 6.92 Å². The molecule has 1 aromatic heterocycles. The molecule has 2 heteroatoms. The molecular formula is C28H24N2. The zero-order chi connectivity index (χ0) is 20.7. The number of aryl methyl sites for hydroxylation is 1. The Balaban J connectivity index is 1.62. The van der Waals surface area contributed by atoms with Crippen LogP contribution < -0.4 is 4.90 Å². The summed E-state index contributed by atoms with van der Waals surface area (Å²) in [5.41, 5.74) is 5.63. The molecule has 0 N–H and O–H groups in total. The molecule has 1 heterocycles. The molecule has 0 radical (unpaired) electrons. The Labute approximate surface area is 177 Å². The molecule has 30 heavy (non-hydrogen) atoms. The Bertz CT molecular complexity index is 1410. The van der Waals surface area contributed by atoms with Crippen LogP contribution in [0.1, 0.15) is 16.8 Å². The predicted molar refractivity (Wildman–Crippen MR) is 131 cm³/mol. The predicted octanol–water partition coefficient (Wildman–Crippen LogP) is 7.09. The second kappa shape index (κ2) is 7.31.